The summed E-state index contributed by atoms with van der Waals surface area (Å²) >= 11 is 0. The standard InChI is InChI=1S/C12H17NOS/c1-9(13-11-5-6-11)10-3-7-12(8-4-10)15(2)14/h3-4,7-9,11,13H,5-6H2,1-2H3. The molecular weight excluding hydrogens is 206 g/mol. The molecule has 0 spiro atoms. The van der Waals surface area contributed by atoms with E-state index in [1.165, 1.54) is 18.4 Å². The first-order valence-electron chi connectivity index (χ1n) is 5.36. The molecule has 0 bridgehead atoms. The molecule has 0 radical (unpaired) electrons. The maximum absolute atomic E-state index is 11.2. The Morgan fingerprint density at radius 3 is 2.40 bits per heavy atom. The Morgan fingerprint density at radius 2 is 1.93 bits per heavy atom. The van der Waals surface area contributed by atoms with Crippen molar-refractivity contribution in [1.82, 2.24) is 5.32 Å². The van der Waals surface area contributed by atoms with Crippen molar-refractivity contribution in [3.63, 3.8) is 0 Å². The minimum Gasteiger partial charge on any atom is -0.307 e. The Hall–Kier alpha value is -0.670. The zero-order valence-electron chi connectivity index (χ0n) is 9.19. The van der Waals surface area contributed by atoms with E-state index in [9.17, 15) is 4.21 Å². The molecule has 2 rings (SSSR count). The lowest BCUT2D eigenvalue weighted by atomic mass is 10.1. The van der Waals surface area contributed by atoms with Crippen LogP contribution in [0.15, 0.2) is 29.2 Å². The molecule has 1 aromatic rings. The first kappa shape index (κ1) is 10.8. The molecule has 1 aliphatic rings. The zero-order chi connectivity index (χ0) is 10.8. The van der Waals surface area contributed by atoms with Crippen LogP contribution in [0.2, 0.25) is 0 Å². The summed E-state index contributed by atoms with van der Waals surface area (Å²) in [6, 6.07) is 9.16. The highest BCUT2D eigenvalue weighted by Crippen LogP contribution is 2.24. The highest BCUT2D eigenvalue weighted by atomic mass is 32.2. The van der Waals surface area contributed by atoms with Gasteiger partial charge in [0.1, 0.15) is 0 Å². The van der Waals surface area contributed by atoms with Crippen LogP contribution in [0.5, 0.6) is 0 Å². The third-order valence-electron chi connectivity index (χ3n) is 2.78. The smallest absolute Gasteiger partial charge is 0.0498 e. The molecule has 0 amide bonds. The van der Waals surface area contributed by atoms with E-state index in [2.05, 4.69) is 24.4 Å². The van der Waals surface area contributed by atoms with E-state index >= 15 is 0 Å². The van der Waals surface area contributed by atoms with Crippen molar-refractivity contribution < 1.29 is 4.21 Å². The molecule has 1 saturated carbocycles. The summed E-state index contributed by atoms with van der Waals surface area (Å²) in [6.07, 6.45) is 4.32. The van der Waals surface area contributed by atoms with Crippen molar-refractivity contribution in [2.45, 2.75) is 36.7 Å². The van der Waals surface area contributed by atoms with Gasteiger partial charge in [-0.25, -0.2) is 0 Å². The van der Waals surface area contributed by atoms with E-state index in [0.717, 1.165) is 10.9 Å². The summed E-state index contributed by atoms with van der Waals surface area (Å²) in [5.74, 6) is 0. The molecule has 3 heteroatoms. The average molecular weight is 223 g/mol. The summed E-state index contributed by atoms with van der Waals surface area (Å²) in [4.78, 5) is 0.900. The molecule has 1 fully saturated rings. The Labute approximate surface area is 93.5 Å². The number of rotatable bonds is 4. The lowest BCUT2D eigenvalue weighted by Crippen LogP contribution is -2.20. The summed E-state index contributed by atoms with van der Waals surface area (Å²) in [6.45, 7) is 2.18. The van der Waals surface area contributed by atoms with Crippen LogP contribution in [0.25, 0.3) is 0 Å². The second-order valence-electron chi connectivity index (χ2n) is 4.19. The van der Waals surface area contributed by atoms with Crippen LogP contribution >= 0.6 is 0 Å². The molecule has 0 saturated heterocycles. The molecule has 0 aliphatic heterocycles. The monoisotopic (exact) mass is 223 g/mol. The van der Waals surface area contributed by atoms with Gasteiger partial charge in [0.05, 0.1) is 0 Å². The van der Waals surface area contributed by atoms with Gasteiger partial charge in [-0.15, -0.1) is 0 Å². The van der Waals surface area contributed by atoms with E-state index in [4.69, 9.17) is 0 Å². The Bertz CT molecular complexity index is 356. The molecule has 1 aliphatic carbocycles. The highest BCUT2D eigenvalue weighted by Gasteiger charge is 2.23. The average Bonchev–Trinajstić information content (AvgIpc) is 3.02. The fraction of sp³-hybridized carbons (Fsp3) is 0.500. The largest absolute Gasteiger partial charge is 0.307 e. The molecule has 15 heavy (non-hydrogen) atoms. The first-order valence-corrected chi connectivity index (χ1v) is 6.92. The second-order valence-corrected chi connectivity index (χ2v) is 5.57. The Morgan fingerprint density at radius 1 is 1.33 bits per heavy atom. The zero-order valence-corrected chi connectivity index (χ0v) is 10.0. The van der Waals surface area contributed by atoms with E-state index in [1.54, 1.807) is 6.26 Å². The summed E-state index contributed by atoms with van der Waals surface area (Å²) in [5.41, 5.74) is 1.27. The van der Waals surface area contributed by atoms with E-state index in [1.807, 2.05) is 12.1 Å². The SMILES string of the molecule is CC(NC1CC1)c1ccc(S(C)=O)cc1. The van der Waals surface area contributed by atoms with Crippen molar-refractivity contribution >= 4 is 10.8 Å². The van der Waals surface area contributed by atoms with E-state index < -0.39 is 10.8 Å². The van der Waals surface area contributed by atoms with Crippen molar-refractivity contribution in [2.75, 3.05) is 6.26 Å². The summed E-state index contributed by atoms with van der Waals surface area (Å²) in [7, 11) is -0.869. The van der Waals surface area contributed by atoms with Crippen LogP contribution < -0.4 is 5.32 Å². The van der Waals surface area contributed by atoms with E-state index in [0.29, 0.717) is 6.04 Å². The summed E-state index contributed by atoms with van der Waals surface area (Å²) < 4.78 is 11.2. The first-order chi connectivity index (χ1) is 7.16. The maximum Gasteiger partial charge on any atom is 0.0498 e. The van der Waals surface area contributed by atoms with Gasteiger partial charge in [-0.1, -0.05) is 12.1 Å². The Balaban J connectivity index is 2.04. The molecule has 2 nitrogen and oxygen atoms in total. The maximum atomic E-state index is 11.2. The van der Waals surface area contributed by atoms with Gasteiger partial charge in [-0.3, -0.25) is 4.21 Å². The van der Waals surface area contributed by atoms with Crippen LogP contribution in [0, 0.1) is 0 Å². The molecule has 1 aromatic carbocycles. The molecular formula is C12H17NOS. The van der Waals surface area contributed by atoms with Crippen LogP contribution in [0.1, 0.15) is 31.4 Å². The molecule has 2 atom stereocenters. The number of benzene rings is 1. The normalized spacial score (nSPS) is 19.9. The lowest BCUT2D eigenvalue weighted by Gasteiger charge is -2.13. The van der Waals surface area contributed by atoms with Crippen LogP contribution in [0.3, 0.4) is 0 Å². The van der Waals surface area contributed by atoms with Gasteiger partial charge in [0, 0.05) is 34.0 Å². The third kappa shape index (κ3) is 2.89. The minimum atomic E-state index is -0.869. The van der Waals surface area contributed by atoms with Gasteiger partial charge in [0.15, 0.2) is 0 Å². The van der Waals surface area contributed by atoms with Crippen molar-refractivity contribution in [2.24, 2.45) is 0 Å². The highest BCUT2D eigenvalue weighted by molar-refractivity contribution is 7.84. The molecule has 2 unspecified atom stereocenters. The van der Waals surface area contributed by atoms with E-state index in [-0.39, 0.29) is 0 Å². The fourth-order valence-electron chi connectivity index (χ4n) is 1.65. The number of nitrogens with one attached hydrogen (secondary N) is 1. The van der Waals surface area contributed by atoms with Gasteiger partial charge in [-0.05, 0) is 37.5 Å². The molecule has 0 heterocycles. The van der Waals surface area contributed by atoms with Gasteiger partial charge >= 0.3 is 0 Å². The predicted molar refractivity (Wildman–Crippen MR) is 63.3 cm³/mol. The van der Waals surface area contributed by atoms with Crippen molar-refractivity contribution in [3.8, 4) is 0 Å². The van der Waals surface area contributed by atoms with Crippen LogP contribution in [-0.4, -0.2) is 16.5 Å². The molecule has 0 aromatic heterocycles. The minimum absolute atomic E-state index is 0.400. The third-order valence-corrected chi connectivity index (χ3v) is 3.71. The van der Waals surface area contributed by atoms with Crippen LogP contribution in [-0.2, 0) is 10.8 Å². The van der Waals surface area contributed by atoms with Crippen LogP contribution in [0.4, 0.5) is 0 Å². The van der Waals surface area contributed by atoms with Gasteiger partial charge in [0.2, 0.25) is 0 Å². The second kappa shape index (κ2) is 4.45. The van der Waals surface area contributed by atoms with Gasteiger partial charge in [0.25, 0.3) is 0 Å². The quantitative estimate of drug-likeness (QED) is 0.848. The van der Waals surface area contributed by atoms with Crippen molar-refractivity contribution in [3.05, 3.63) is 29.8 Å². The number of hydrogen-bond donors (Lipinski definition) is 1. The van der Waals surface area contributed by atoms with Crippen molar-refractivity contribution in [1.29, 1.82) is 0 Å². The Kier molecular flexibility index (Phi) is 3.22. The number of hydrogen-bond acceptors (Lipinski definition) is 2. The lowest BCUT2D eigenvalue weighted by molar-refractivity contribution is 0.571. The summed E-state index contributed by atoms with van der Waals surface area (Å²) in [5, 5.41) is 3.54. The van der Waals surface area contributed by atoms with Gasteiger partial charge < -0.3 is 5.32 Å². The van der Waals surface area contributed by atoms with Gasteiger partial charge in [-0.2, -0.15) is 0 Å². The fourth-order valence-corrected chi connectivity index (χ4v) is 2.17. The topological polar surface area (TPSA) is 29.1 Å². The molecule has 82 valence electrons. The predicted octanol–water partition coefficient (Wildman–Crippen LogP) is 2.24. The molecule has 1 N–H and O–H groups in total.